The van der Waals surface area contributed by atoms with Crippen molar-refractivity contribution in [2.75, 3.05) is 6.61 Å². The predicted octanol–water partition coefficient (Wildman–Crippen LogP) is 4.35. The van der Waals surface area contributed by atoms with E-state index in [2.05, 4.69) is 34.3 Å². The topological polar surface area (TPSA) is 26.3 Å². The van der Waals surface area contributed by atoms with Crippen LogP contribution in [0.4, 0.5) is 0 Å². The first-order valence-corrected chi connectivity index (χ1v) is 6.78. The second-order valence-electron chi connectivity index (χ2n) is 5.56. The fraction of sp³-hybridized carbons (Fsp3) is 0.800. The highest BCUT2D eigenvalue weighted by Crippen LogP contribution is 2.12. The smallest absolute Gasteiger partial charge is 0.333 e. The summed E-state index contributed by atoms with van der Waals surface area (Å²) in [5.41, 5.74) is 0.621. The van der Waals surface area contributed by atoms with Gasteiger partial charge in [0.25, 0.3) is 0 Å². The molecule has 0 aromatic rings. The van der Waals surface area contributed by atoms with E-state index < -0.39 is 0 Å². The van der Waals surface area contributed by atoms with E-state index in [-0.39, 0.29) is 5.97 Å². The summed E-state index contributed by atoms with van der Waals surface area (Å²) in [6, 6.07) is 0. The van der Waals surface area contributed by atoms with Crippen molar-refractivity contribution in [3.05, 3.63) is 12.2 Å². The third kappa shape index (κ3) is 10.1. The van der Waals surface area contributed by atoms with Crippen LogP contribution >= 0.6 is 0 Å². The van der Waals surface area contributed by atoms with Gasteiger partial charge < -0.3 is 4.74 Å². The van der Waals surface area contributed by atoms with Crippen molar-refractivity contribution in [3.63, 3.8) is 0 Å². The van der Waals surface area contributed by atoms with Crippen molar-refractivity contribution in [3.8, 4) is 0 Å². The monoisotopic (exact) mass is 240 g/mol. The summed E-state index contributed by atoms with van der Waals surface area (Å²) in [5, 5.41) is 0. The third-order valence-electron chi connectivity index (χ3n) is 2.71. The first kappa shape index (κ1) is 16.2. The van der Waals surface area contributed by atoms with E-state index >= 15 is 0 Å². The Labute approximate surface area is 106 Å². The molecule has 17 heavy (non-hydrogen) atoms. The van der Waals surface area contributed by atoms with Gasteiger partial charge in [-0.1, -0.05) is 40.7 Å². The van der Waals surface area contributed by atoms with Gasteiger partial charge in [0.1, 0.15) is 0 Å². The molecule has 2 nitrogen and oxygen atoms in total. The second-order valence-corrected chi connectivity index (χ2v) is 5.56. The Hall–Kier alpha value is -0.790. The minimum Gasteiger partial charge on any atom is -0.462 e. The van der Waals surface area contributed by atoms with Crippen LogP contribution in [0.3, 0.4) is 0 Å². The van der Waals surface area contributed by atoms with Crippen molar-refractivity contribution in [1.29, 1.82) is 0 Å². The molecule has 0 aromatic carbocycles. The lowest BCUT2D eigenvalue weighted by atomic mass is 10.0. The third-order valence-corrected chi connectivity index (χ3v) is 2.71. The highest BCUT2D eigenvalue weighted by atomic mass is 16.5. The fourth-order valence-electron chi connectivity index (χ4n) is 1.58. The van der Waals surface area contributed by atoms with Gasteiger partial charge in [0.2, 0.25) is 0 Å². The largest absolute Gasteiger partial charge is 0.462 e. The normalized spacial score (nSPS) is 10.9. The van der Waals surface area contributed by atoms with Gasteiger partial charge in [0.05, 0.1) is 6.61 Å². The Morgan fingerprint density at radius 1 is 1.06 bits per heavy atom. The first-order chi connectivity index (χ1) is 7.93. The Kier molecular flexibility index (Phi) is 8.83. The van der Waals surface area contributed by atoms with E-state index in [1.807, 2.05) is 0 Å². The van der Waals surface area contributed by atoms with E-state index in [9.17, 15) is 4.79 Å². The maximum Gasteiger partial charge on any atom is 0.333 e. The quantitative estimate of drug-likeness (QED) is 0.340. The molecule has 0 atom stereocenters. The van der Waals surface area contributed by atoms with E-state index in [0.29, 0.717) is 24.0 Å². The highest BCUT2D eigenvalue weighted by Gasteiger charge is 2.08. The van der Waals surface area contributed by atoms with Gasteiger partial charge in [0.15, 0.2) is 0 Å². The summed E-state index contributed by atoms with van der Waals surface area (Å²) in [4.78, 5) is 11.5. The van der Waals surface area contributed by atoms with Gasteiger partial charge in [0, 0.05) is 5.57 Å². The number of carbonyl (C=O) groups is 1. The summed E-state index contributed by atoms with van der Waals surface area (Å²) < 4.78 is 5.17. The van der Waals surface area contributed by atoms with Crippen LogP contribution < -0.4 is 0 Å². The molecule has 0 saturated carbocycles. The van der Waals surface area contributed by atoms with Crippen LogP contribution in [0.2, 0.25) is 0 Å². The molecule has 0 aromatic heterocycles. The maximum absolute atomic E-state index is 11.5. The molecule has 0 saturated heterocycles. The van der Waals surface area contributed by atoms with Gasteiger partial charge in [-0.2, -0.15) is 0 Å². The summed E-state index contributed by atoms with van der Waals surface area (Å²) in [7, 11) is 0. The molecule has 0 radical (unpaired) electrons. The summed E-state index contributed by atoms with van der Waals surface area (Å²) in [6.07, 6.45) is 4.98. The average Bonchev–Trinajstić information content (AvgIpc) is 2.23. The van der Waals surface area contributed by atoms with Crippen LogP contribution in [0.5, 0.6) is 0 Å². The number of rotatable bonds is 9. The van der Waals surface area contributed by atoms with Gasteiger partial charge in [-0.15, -0.1) is 0 Å². The molecular formula is C15H28O2. The Morgan fingerprint density at radius 3 is 2.12 bits per heavy atom. The van der Waals surface area contributed by atoms with Crippen LogP contribution in [-0.2, 0) is 9.53 Å². The summed E-state index contributed by atoms with van der Waals surface area (Å²) >= 11 is 0. The number of esters is 1. The average molecular weight is 240 g/mol. The molecule has 0 aliphatic heterocycles. The SMILES string of the molecule is C=C(CCCC(C)C)C(=O)OCCCC(C)C. The summed E-state index contributed by atoms with van der Waals surface area (Å²) in [5.74, 6) is 1.14. The van der Waals surface area contributed by atoms with E-state index in [4.69, 9.17) is 4.74 Å². The van der Waals surface area contributed by atoms with Gasteiger partial charge in [-0.3, -0.25) is 0 Å². The highest BCUT2D eigenvalue weighted by molar-refractivity contribution is 5.87. The molecule has 2 heteroatoms. The molecule has 0 fully saturated rings. The van der Waals surface area contributed by atoms with Crippen molar-refractivity contribution in [2.45, 2.75) is 59.8 Å². The van der Waals surface area contributed by atoms with Crippen LogP contribution in [0.25, 0.3) is 0 Å². The first-order valence-electron chi connectivity index (χ1n) is 6.78. The summed E-state index contributed by atoms with van der Waals surface area (Å²) in [6.45, 7) is 13.0. The van der Waals surface area contributed by atoms with Gasteiger partial charge in [-0.25, -0.2) is 4.79 Å². The number of hydrogen-bond donors (Lipinski definition) is 0. The predicted molar refractivity (Wildman–Crippen MR) is 72.9 cm³/mol. The molecule has 0 bridgehead atoms. The molecule has 0 aliphatic carbocycles. The van der Waals surface area contributed by atoms with E-state index in [1.165, 1.54) is 0 Å². The van der Waals surface area contributed by atoms with Crippen molar-refractivity contribution in [2.24, 2.45) is 11.8 Å². The maximum atomic E-state index is 11.5. The lowest BCUT2D eigenvalue weighted by Gasteiger charge is -2.09. The molecule has 0 amide bonds. The number of ether oxygens (including phenoxy) is 1. The van der Waals surface area contributed by atoms with E-state index in [1.54, 1.807) is 0 Å². The fourth-order valence-corrected chi connectivity index (χ4v) is 1.58. The molecule has 0 unspecified atom stereocenters. The minimum absolute atomic E-state index is 0.211. The molecule has 0 heterocycles. The zero-order valence-corrected chi connectivity index (χ0v) is 11.9. The van der Waals surface area contributed by atoms with Crippen molar-refractivity contribution >= 4 is 5.97 Å². The van der Waals surface area contributed by atoms with Gasteiger partial charge >= 0.3 is 5.97 Å². The molecule has 0 rings (SSSR count). The Balaban J connectivity index is 3.57. The van der Waals surface area contributed by atoms with Crippen LogP contribution in [-0.4, -0.2) is 12.6 Å². The second kappa shape index (κ2) is 9.26. The number of hydrogen-bond acceptors (Lipinski definition) is 2. The lowest BCUT2D eigenvalue weighted by Crippen LogP contribution is -2.09. The zero-order chi connectivity index (χ0) is 13.3. The molecule has 0 spiro atoms. The molecule has 0 aliphatic rings. The van der Waals surface area contributed by atoms with E-state index in [0.717, 1.165) is 32.1 Å². The standard InChI is InChI=1S/C15H28O2/c1-12(2)8-6-10-14(5)15(16)17-11-7-9-13(3)4/h12-13H,5-11H2,1-4H3. The zero-order valence-electron chi connectivity index (χ0n) is 11.9. The Morgan fingerprint density at radius 2 is 1.59 bits per heavy atom. The van der Waals surface area contributed by atoms with Crippen molar-refractivity contribution < 1.29 is 9.53 Å². The van der Waals surface area contributed by atoms with Gasteiger partial charge in [-0.05, 0) is 37.5 Å². The van der Waals surface area contributed by atoms with Crippen LogP contribution in [0.15, 0.2) is 12.2 Å². The van der Waals surface area contributed by atoms with Crippen molar-refractivity contribution in [1.82, 2.24) is 0 Å². The van der Waals surface area contributed by atoms with Crippen LogP contribution in [0.1, 0.15) is 59.8 Å². The van der Waals surface area contributed by atoms with Crippen LogP contribution in [0, 0.1) is 11.8 Å². The number of carbonyl (C=O) groups excluding carboxylic acids is 1. The lowest BCUT2D eigenvalue weighted by molar-refractivity contribution is -0.139. The molecule has 100 valence electrons. The minimum atomic E-state index is -0.211. The molecule has 0 N–H and O–H groups in total. The Bertz CT molecular complexity index is 229. The molecular weight excluding hydrogens is 212 g/mol.